The Labute approximate surface area is 188 Å². The molecule has 0 amide bonds. The van der Waals surface area contributed by atoms with Gasteiger partial charge in [0.25, 0.3) is 0 Å². The first-order valence-electron chi connectivity index (χ1n) is 13.4. The van der Waals surface area contributed by atoms with Crippen LogP contribution in [0.1, 0.15) is 123 Å². The van der Waals surface area contributed by atoms with E-state index >= 15 is 0 Å². The lowest BCUT2D eigenvalue weighted by Gasteiger charge is -2.33. The number of rotatable bonds is 21. The fourth-order valence-corrected chi connectivity index (χ4v) is 4.78. The van der Waals surface area contributed by atoms with Gasteiger partial charge in [0.15, 0.2) is 5.84 Å². The summed E-state index contributed by atoms with van der Waals surface area (Å²) >= 11 is 0. The molecule has 0 saturated heterocycles. The maximum atomic E-state index is 9.40. The average Bonchev–Trinajstić information content (AvgIpc) is 3.16. The first-order chi connectivity index (χ1) is 14.8. The van der Waals surface area contributed by atoms with Crippen LogP contribution in [0.15, 0.2) is 17.1 Å². The van der Waals surface area contributed by atoms with Crippen LogP contribution in [0.2, 0.25) is 0 Å². The second-order valence-electron chi connectivity index (χ2n) is 9.33. The van der Waals surface area contributed by atoms with Gasteiger partial charge in [0.1, 0.15) is 13.1 Å². The molecule has 176 valence electrons. The van der Waals surface area contributed by atoms with Crippen LogP contribution in [0, 0.1) is 0 Å². The van der Waals surface area contributed by atoms with Gasteiger partial charge in [-0.1, -0.05) is 89.7 Å². The number of nitrogens with zero attached hydrogens (tertiary/aromatic N) is 2. The lowest BCUT2D eigenvalue weighted by atomic mass is 10.0. The van der Waals surface area contributed by atoms with Gasteiger partial charge in [0.05, 0.1) is 19.7 Å². The fourth-order valence-electron chi connectivity index (χ4n) is 4.78. The Morgan fingerprint density at radius 3 is 1.83 bits per heavy atom. The fraction of sp³-hybridized carbons (Fsp3) is 0.889. The van der Waals surface area contributed by atoms with Crippen molar-refractivity contribution in [3.05, 3.63) is 12.2 Å². The Morgan fingerprint density at radius 1 is 0.767 bits per heavy atom. The highest BCUT2D eigenvalue weighted by atomic mass is 16.3. The van der Waals surface area contributed by atoms with Crippen LogP contribution < -0.4 is 0 Å². The largest absolute Gasteiger partial charge is 0.390 e. The summed E-state index contributed by atoms with van der Waals surface area (Å²) in [5, 5.41) is 9.40. The minimum Gasteiger partial charge on any atom is -0.390 e. The maximum absolute atomic E-state index is 9.40. The smallest absolute Gasteiger partial charge is 0.198 e. The van der Waals surface area contributed by atoms with Crippen molar-refractivity contribution in [1.29, 1.82) is 0 Å². The van der Waals surface area contributed by atoms with E-state index in [1.54, 1.807) is 0 Å². The number of aliphatic imine (C=N–C) groups is 1. The van der Waals surface area contributed by atoms with Gasteiger partial charge in [0, 0.05) is 6.42 Å². The zero-order valence-electron chi connectivity index (χ0n) is 20.6. The van der Waals surface area contributed by atoms with Crippen LogP contribution in [-0.4, -0.2) is 48.2 Å². The molecule has 0 aromatic rings. The van der Waals surface area contributed by atoms with Gasteiger partial charge in [-0.15, -0.1) is 0 Å². The molecule has 1 heterocycles. The lowest BCUT2D eigenvalue weighted by Crippen LogP contribution is -2.52. The molecule has 0 fully saturated rings. The molecule has 0 aromatic heterocycles. The molecule has 0 bridgehead atoms. The molecule has 30 heavy (non-hydrogen) atoms. The first-order valence-corrected chi connectivity index (χ1v) is 13.4. The first kappa shape index (κ1) is 27.4. The molecule has 0 aliphatic carbocycles. The molecule has 0 spiro atoms. The SMILES string of the molecule is CCCCC/C=C/CCCCCCCCCCCCCC1=NCC[N+]1(CC)CCO. The minimum absolute atomic E-state index is 0.281. The molecule has 3 heteroatoms. The molecule has 0 aromatic carbocycles. The van der Waals surface area contributed by atoms with E-state index < -0.39 is 0 Å². The highest BCUT2D eigenvalue weighted by Crippen LogP contribution is 2.20. The van der Waals surface area contributed by atoms with E-state index in [0.717, 1.165) is 37.1 Å². The predicted molar refractivity (Wildman–Crippen MR) is 133 cm³/mol. The molecule has 1 N–H and O–H groups in total. The van der Waals surface area contributed by atoms with Crippen molar-refractivity contribution in [3.8, 4) is 0 Å². The maximum Gasteiger partial charge on any atom is 0.198 e. The van der Waals surface area contributed by atoms with Crippen LogP contribution in [0.5, 0.6) is 0 Å². The number of aliphatic hydroxyl groups excluding tert-OH is 1. The molecular weight excluding hydrogens is 368 g/mol. The zero-order chi connectivity index (χ0) is 21.8. The zero-order valence-corrected chi connectivity index (χ0v) is 20.6. The van der Waals surface area contributed by atoms with Crippen molar-refractivity contribution in [1.82, 2.24) is 0 Å². The van der Waals surface area contributed by atoms with Crippen LogP contribution in [0.3, 0.4) is 0 Å². The molecule has 3 nitrogen and oxygen atoms in total. The van der Waals surface area contributed by atoms with Gasteiger partial charge >= 0.3 is 0 Å². The normalized spacial score (nSPS) is 19.1. The summed E-state index contributed by atoms with van der Waals surface area (Å²) < 4.78 is 0.950. The van der Waals surface area contributed by atoms with Crippen LogP contribution >= 0.6 is 0 Å². The molecule has 0 radical (unpaired) electrons. The number of quaternary nitrogens is 1. The summed E-state index contributed by atoms with van der Waals surface area (Å²) in [7, 11) is 0. The summed E-state index contributed by atoms with van der Waals surface area (Å²) in [4.78, 5) is 4.77. The van der Waals surface area contributed by atoms with Gasteiger partial charge in [-0.25, -0.2) is 4.99 Å². The summed E-state index contributed by atoms with van der Waals surface area (Å²) in [6.07, 6.45) is 27.9. The van der Waals surface area contributed by atoms with Gasteiger partial charge in [-0.2, -0.15) is 0 Å². The van der Waals surface area contributed by atoms with Gasteiger partial charge in [-0.05, 0) is 39.0 Å². The lowest BCUT2D eigenvalue weighted by molar-refractivity contribution is -0.835. The van der Waals surface area contributed by atoms with Crippen molar-refractivity contribution in [2.45, 2.75) is 123 Å². The summed E-state index contributed by atoms with van der Waals surface area (Å²) in [6, 6.07) is 0. The van der Waals surface area contributed by atoms with Crippen molar-refractivity contribution in [2.75, 3.05) is 32.8 Å². The van der Waals surface area contributed by atoms with Crippen LogP contribution in [0.4, 0.5) is 0 Å². The van der Waals surface area contributed by atoms with Crippen LogP contribution in [0.25, 0.3) is 0 Å². The van der Waals surface area contributed by atoms with E-state index in [0.29, 0.717) is 0 Å². The van der Waals surface area contributed by atoms with Crippen molar-refractivity contribution < 1.29 is 9.59 Å². The molecule has 1 atom stereocenters. The monoisotopic (exact) mass is 421 g/mol. The molecule has 0 saturated carbocycles. The van der Waals surface area contributed by atoms with Crippen molar-refractivity contribution in [2.24, 2.45) is 4.99 Å². The number of unbranched alkanes of at least 4 members (excludes halogenated alkanes) is 14. The predicted octanol–water partition coefficient (Wildman–Crippen LogP) is 7.44. The Bertz CT molecular complexity index is 446. The highest BCUT2D eigenvalue weighted by Gasteiger charge is 2.35. The van der Waals surface area contributed by atoms with E-state index in [9.17, 15) is 5.11 Å². The summed E-state index contributed by atoms with van der Waals surface area (Å²) in [5.41, 5.74) is 0. The second-order valence-corrected chi connectivity index (χ2v) is 9.33. The summed E-state index contributed by atoms with van der Waals surface area (Å²) in [6.45, 7) is 8.78. The molecule has 1 unspecified atom stereocenters. The molecule has 1 aliphatic rings. The second kappa shape index (κ2) is 19.0. The molecule has 1 rings (SSSR count). The third-order valence-corrected chi connectivity index (χ3v) is 6.92. The number of allylic oxidation sites excluding steroid dienone is 2. The minimum atomic E-state index is 0.281. The number of likely N-dealkylation sites (N-methyl/N-ethyl adjacent to an activating group) is 1. The van der Waals surface area contributed by atoms with Gasteiger partial charge in [-0.3, -0.25) is 4.48 Å². The van der Waals surface area contributed by atoms with E-state index in [1.807, 2.05) is 0 Å². The topological polar surface area (TPSA) is 32.6 Å². The number of hydrogen-bond donors (Lipinski definition) is 1. The molecule has 1 aliphatic heterocycles. The van der Waals surface area contributed by atoms with Crippen molar-refractivity contribution in [3.63, 3.8) is 0 Å². The number of amidine groups is 1. The van der Waals surface area contributed by atoms with E-state index in [-0.39, 0.29) is 6.61 Å². The van der Waals surface area contributed by atoms with Gasteiger partial charge in [0.2, 0.25) is 0 Å². The number of aliphatic hydroxyl groups is 1. The average molecular weight is 422 g/mol. The van der Waals surface area contributed by atoms with Gasteiger partial charge < -0.3 is 5.11 Å². The van der Waals surface area contributed by atoms with E-state index in [4.69, 9.17) is 4.99 Å². The molecular formula is C27H53N2O+. The third-order valence-electron chi connectivity index (χ3n) is 6.92. The Kier molecular flexibility index (Phi) is 17.4. The quantitative estimate of drug-likeness (QED) is 0.117. The number of hydrogen-bond acceptors (Lipinski definition) is 2. The van der Waals surface area contributed by atoms with E-state index in [2.05, 4.69) is 26.0 Å². The van der Waals surface area contributed by atoms with Crippen LogP contribution in [-0.2, 0) is 0 Å². The standard InChI is InChI=1S/C27H53N2O/c1-3-5-6-7-8-9-10-11-12-13-14-15-16-17-18-19-20-21-22-27-28-23-24-29(27,4-2)25-26-30/h8-9,30H,3-7,10-26H2,1-2H3/q+1/b9-8+. The third kappa shape index (κ3) is 12.2. The Balaban J connectivity index is 1.85. The van der Waals surface area contributed by atoms with Crippen molar-refractivity contribution >= 4 is 5.84 Å². The Morgan fingerprint density at radius 2 is 1.30 bits per heavy atom. The Hall–Kier alpha value is -0.670. The van der Waals surface area contributed by atoms with E-state index in [1.165, 1.54) is 109 Å². The highest BCUT2D eigenvalue weighted by molar-refractivity contribution is 5.76. The summed E-state index contributed by atoms with van der Waals surface area (Å²) in [5.74, 6) is 1.36.